The van der Waals surface area contributed by atoms with Crippen LogP contribution in [-0.4, -0.2) is 15.4 Å². The quantitative estimate of drug-likeness (QED) is 0.377. The van der Waals surface area contributed by atoms with E-state index in [1.807, 2.05) is 30.3 Å². The molecule has 0 aliphatic carbocycles. The molecular weight excluding hydrogens is 350 g/mol. The fourth-order valence-electron chi connectivity index (χ4n) is 2.62. The predicted molar refractivity (Wildman–Crippen MR) is 102 cm³/mol. The van der Waals surface area contributed by atoms with Gasteiger partial charge in [0.1, 0.15) is 0 Å². The van der Waals surface area contributed by atoms with E-state index in [1.165, 1.54) is 23.5 Å². The molecule has 0 aliphatic heterocycles. The summed E-state index contributed by atoms with van der Waals surface area (Å²) in [6.45, 7) is 4.14. The summed E-state index contributed by atoms with van der Waals surface area (Å²) in [7, 11) is 0. The molecule has 0 radical (unpaired) electrons. The van der Waals surface area contributed by atoms with E-state index in [0.717, 1.165) is 10.3 Å². The number of allylic oxidation sites excluding steroid dienone is 1. The van der Waals surface area contributed by atoms with Crippen LogP contribution in [-0.2, 0) is 17.8 Å². The van der Waals surface area contributed by atoms with E-state index in [9.17, 15) is 14.9 Å². The molecule has 0 fully saturated rings. The summed E-state index contributed by atoms with van der Waals surface area (Å²) in [5, 5.41) is 11.0. The van der Waals surface area contributed by atoms with Crippen molar-refractivity contribution in [3.05, 3.63) is 81.7 Å². The summed E-state index contributed by atoms with van der Waals surface area (Å²) >= 11 is 1.34. The zero-order chi connectivity index (χ0) is 18.5. The van der Waals surface area contributed by atoms with Crippen LogP contribution in [0.5, 0.6) is 0 Å². The largest absolute Gasteiger partial charge is 0.312 e. The number of nitro groups is 1. The summed E-state index contributed by atoms with van der Waals surface area (Å²) < 4.78 is 2.62. The summed E-state index contributed by atoms with van der Waals surface area (Å²) in [5.41, 5.74) is 1.77. The first-order valence-electron chi connectivity index (χ1n) is 8.08. The molecular formula is C19H17N3O3S. The van der Waals surface area contributed by atoms with E-state index in [2.05, 4.69) is 11.6 Å². The van der Waals surface area contributed by atoms with E-state index in [4.69, 9.17) is 0 Å². The van der Waals surface area contributed by atoms with Crippen molar-refractivity contribution in [2.45, 2.75) is 19.4 Å². The molecule has 1 aromatic heterocycles. The van der Waals surface area contributed by atoms with Gasteiger partial charge >= 0.3 is 0 Å². The molecule has 0 bridgehead atoms. The van der Waals surface area contributed by atoms with E-state index in [0.29, 0.717) is 29.7 Å². The van der Waals surface area contributed by atoms with Crippen molar-refractivity contribution in [3.8, 4) is 0 Å². The third-order valence-electron chi connectivity index (χ3n) is 3.88. The lowest BCUT2D eigenvalue weighted by Crippen LogP contribution is -2.16. The predicted octanol–water partition coefficient (Wildman–Crippen LogP) is 3.86. The number of thiazole rings is 1. The number of carbonyl (C=O) groups is 1. The Labute approximate surface area is 153 Å². The number of hydrogen-bond acceptors (Lipinski definition) is 4. The van der Waals surface area contributed by atoms with Crippen molar-refractivity contribution in [3.63, 3.8) is 0 Å². The molecule has 0 N–H and O–H groups in total. The molecule has 0 saturated heterocycles. The van der Waals surface area contributed by atoms with Gasteiger partial charge in [-0.15, -0.1) is 6.58 Å². The van der Waals surface area contributed by atoms with Crippen LogP contribution in [0.2, 0.25) is 0 Å². The number of non-ortho nitro benzene ring substituents is 1. The van der Waals surface area contributed by atoms with E-state index in [-0.39, 0.29) is 11.6 Å². The molecule has 132 valence electrons. The lowest BCUT2D eigenvalue weighted by atomic mass is 10.1. The third-order valence-corrected chi connectivity index (χ3v) is 4.94. The van der Waals surface area contributed by atoms with Crippen LogP contribution < -0.4 is 4.80 Å². The maximum absolute atomic E-state index is 12.3. The maximum atomic E-state index is 12.3. The first-order chi connectivity index (χ1) is 12.6. The molecule has 1 heterocycles. The van der Waals surface area contributed by atoms with Crippen LogP contribution in [0.15, 0.2) is 66.2 Å². The Hall–Kier alpha value is -3.06. The monoisotopic (exact) mass is 367 g/mol. The maximum Gasteiger partial charge on any atom is 0.271 e. The second-order valence-corrected chi connectivity index (χ2v) is 6.69. The Morgan fingerprint density at radius 2 is 2.04 bits per heavy atom. The van der Waals surface area contributed by atoms with Crippen LogP contribution in [0.25, 0.3) is 10.2 Å². The molecule has 2 aromatic carbocycles. The fourth-order valence-corrected chi connectivity index (χ4v) is 3.66. The van der Waals surface area contributed by atoms with Gasteiger partial charge in [-0.25, -0.2) is 0 Å². The molecule has 1 amide bonds. The number of hydrogen-bond donors (Lipinski definition) is 0. The van der Waals surface area contributed by atoms with Gasteiger partial charge in [-0.2, -0.15) is 4.99 Å². The van der Waals surface area contributed by atoms with Gasteiger partial charge in [0.15, 0.2) is 4.80 Å². The smallest absolute Gasteiger partial charge is 0.271 e. The van der Waals surface area contributed by atoms with Gasteiger partial charge in [0.05, 0.1) is 15.1 Å². The Morgan fingerprint density at radius 3 is 2.73 bits per heavy atom. The van der Waals surface area contributed by atoms with Crippen molar-refractivity contribution >= 4 is 33.1 Å². The average molecular weight is 367 g/mol. The minimum Gasteiger partial charge on any atom is -0.312 e. The molecule has 6 nitrogen and oxygen atoms in total. The van der Waals surface area contributed by atoms with Crippen LogP contribution >= 0.6 is 11.3 Å². The van der Waals surface area contributed by atoms with Gasteiger partial charge in [-0.1, -0.05) is 47.7 Å². The summed E-state index contributed by atoms with van der Waals surface area (Å²) in [5.74, 6) is -0.215. The summed E-state index contributed by atoms with van der Waals surface area (Å²) in [6.07, 6.45) is 2.62. The van der Waals surface area contributed by atoms with Gasteiger partial charge in [0.25, 0.3) is 5.69 Å². The van der Waals surface area contributed by atoms with Crippen molar-refractivity contribution in [1.82, 2.24) is 4.57 Å². The normalized spacial score (nSPS) is 11.6. The van der Waals surface area contributed by atoms with E-state index in [1.54, 1.807) is 16.7 Å². The van der Waals surface area contributed by atoms with E-state index >= 15 is 0 Å². The van der Waals surface area contributed by atoms with Crippen molar-refractivity contribution < 1.29 is 9.72 Å². The van der Waals surface area contributed by atoms with Gasteiger partial charge in [0, 0.05) is 25.1 Å². The standard InChI is InChI=1S/C19H17N3O3S/c1-2-12-21-16-13-15(22(24)25)9-10-17(16)26-19(21)20-18(23)11-8-14-6-4-3-5-7-14/h2-7,9-10,13H,1,8,11-12H2. The Balaban J connectivity index is 1.93. The van der Waals surface area contributed by atoms with Crippen LogP contribution in [0, 0.1) is 10.1 Å². The Morgan fingerprint density at radius 1 is 1.27 bits per heavy atom. The number of fused-ring (bicyclic) bond motifs is 1. The van der Waals surface area contributed by atoms with Crippen molar-refractivity contribution in [2.24, 2.45) is 4.99 Å². The highest BCUT2D eigenvalue weighted by Gasteiger charge is 2.12. The summed E-state index contributed by atoms with van der Waals surface area (Å²) in [6, 6.07) is 14.4. The second-order valence-electron chi connectivity index (χ2n) is 5.68. The van der Waals surface area contributed by atoms with Crippen LogP contribution in [0.4, 0.5) is 5.69 Å². The number of benzene rings is 2. The molecule has 0 spiro atoms. The van der Waals surface area contributed by atoms with Crippen LogP contribution in [0.1, 0.15) is 12.0 Å². The fraction of sp³-hybridized carbons (Fsp3) is 0.158. The second kappa shape index (κ2) is 7.88. The molecule has 3 aromatic rings. The highest BCUT2D eigenvalue weighted by Crippen LogP contribution is 2.23. The zero-order valence-electron chi connectivity index (χ0n) is 14.0. The lowest BCUT2D eigenvalue weighted by Gasteiger charge is -2.01. The molecule has 26 heavy (non-hydrogen) atoms. The molecule has 0 unspecified atom stereocenters. The summed E-state index contributed by atoms with van der Waals surface area (Å²) in [4.78, 5) is 27.6. The number of aromatic nitrogens is 1. The Bertz CT molecular complexity index is 1040. The van der Waals surface area contributed by atoms with Gasteiger partial charge < -0.3 is 4.57 Å². The molecule has 7 heteroatoms. The number of rotatable bonds is 6. The van der Waals surface area contributed by atoms with E-state index < -0.39 is 4.92 Å². The topological polar surface area (TPSA) is 77.5 Å². The number of amides is 1. The first kappa shape index (κ1) is 17.8. The van der Waals surface area contributed by atoms with Crippen molar-refractivity contribution in [1.29, 1.82) is 0 Å². The molecule has 3 rings (SSSR count). The number of carbonyl (C=O) groups excluding carboxylic acids is 1. The van der Waals surface area contributed by atoms with Gasteiger partial charge in [0.2, 0.25) is 5.91 Å². The van der Waals surface area contributed by atoms with Gasteiger partial charge in [-0.3, -0.25) is 14.9 Å². The third kappa shape index (κ3) is 3.94. The Kier molecular flexibility index (Phi) is 5.38. The minimum atomic E-state index is -0.433. The lowest BCUT2D eigenvalue weighted by molar-refractivity contribution is -0.384. The number of nitro benzene ring substituents is 1. The minimum absolute atomic E-state index is 0.00932. The number of aryl methyl sites for hydroxylation is 1. The van der Waals surface area contributed by atoms with Crippen LogP contribution in [0.3, 0.4) is 0 Å². The first-order valence-corrected chi connectivity index (χ1v) is 8.90. The molecule has 0 aliphatic rings. The highest BCUT2D eigenvalue weighted by atomic mass is 32.1. The van der Waals surface area contributed by atoms with Crippen molar-refractivity contribution in [2.75, 3.05) is 0 Å². The highest BCUT2D eigenvalue weighted by molar-refractivity contribution is 7.16. The van der Waals surface area contributed by atoms with Gasteiger partial charge in [-0.05, 0) is 18.1 Å². The molecule has 0 saturated carbocycles. The molecule has 0 atom stereocenters. The zero-order valence-corrected chi connectivity index (χ0v) is 14.8. The number of nitrogens with zero attached hydrogens (tertiary/aromatic N) is 3. The SMILES string of the molecule is C=CCn1c(=NC(=O)CCc2ccccc2)sc2ccc([N+](=O)[O-])cc21. The average Bonchev–Trinajstić information content (AvgIpc) is 2.97.